The third-order valence-corrected chi connectivity index (χ3v) is 1.98. The molecule has 0 radical (unpaired) electrons. The van der Waals surface area contributed by atoms with Gasteiger partial charge in [0.15, 0.2) is 0 Å². The number of hydrogen-bond acceptors (Lipinski definition) is 3. The second kappa shape index (κ2) is 11.0. The number of ether oxygens (including phenoxy) is 2. The highest BCUT2D eigenvalue weighted by Gasteiger charge is 2.06. The van der Waals surface area contributed by atoms with Gasteiger partial charge in [-0.3, -0.25) is 0 Å². The summed E-state index contributed by atoms with van der Waals surface area (Å²) in [6.45, 7) is 10.5. The number of nitrogens with one attached hydrogen (secondary N) is 1. The van der Waals surface area contributed by atoms with E-state index in [0.717, 1.165) is 45.8 Å². The topological polar surface area (TPSA) is 30.5 Å². The van der Waals surface area contributed by atoms with Crippen LogP contribution in [0.25, 0.3) is 0 Å². The molecule has 0 saturated carbocycles. The van der Waals surface area contributed by atoms with Gasteiger partial charge in [-0.15, -0.1) is 0 Å². The van der Waals surface area contributed by atoms with E-state index >= 15 is 0 Å². The Labute approximate surface area is 88.2 Å². The van der Waals surface area contributed by atoms with Crippen molar-refractivity contribution in [2.24, 2.45) is 0 Å². The highest BCUT2D eigenvalue weighted by molar-refractivity contribution is 4.64. The zero-order valence-electron chi connectivity index (χ0n) is 9.84. The molecular weight excluding hydrogens is 178 g/mol. The second-order valence-corrected chi connectivity index (χ2v) is 3.32. The van der Waals surface area contributed by atoms with Crippen molar-refractivity contribution in [3.05, 3.63) is 0 Å². The van der Waals surface area contributed by atoms with Crippen LogP contribution in [0.4, 0.5) is 0 Å². The van der Waals surface area contributed by atoms with Gasteiger partial charge in [0.1, 0.15) is 0 Å². The summed E-state index contributed by atoms with van der Waals surface area (Å²) >= 11 is 0. The van der Waals surface area contributed by atoms with E-state index in [0.29, 0.717) is 6.04 Å². The minimum atomic E-state index is 0.441. The van der Waals surface area contributed by atoms with Crippen molar-refractivity contribution in [3.63, 3.8) is 0 Å². The fraction of sp³-hybridized carbons (Fsp3) is 1.00. The molecule has 1 unspecified atom stereocenters. The van der Waals surface area contributed by atoms with E-state index in [1.165, 1.54) is 0 Å². The van der Waals surface area contributed by atoms with Crippen LogP contribution in [0.1, 0.15) is 33.6 Å². The van der Waals surface area contributed by atoms with E-state index in [-0.39, 0.29) is 0 Å². The van der Waals surface area contributed by atoms with Crippen LogP contribution >= 0.6 is 0 Å². The first-order valence-electron chi connectivity index (χ1n) is 5.73. The van der Waals surface area contributed by atoms with Crippen molar-refractivity contribution in [1.82, 2.24) is 5.32 Å². The van der Waals surface area contributed by atoms with E-state index in [1.807, 2.05) is 6.92 Å². The number of likely N-dealkylation sites (N-methyl/N-ethyl adjacent to an activating group) is 1. The van der Waals surface area contributed by atoms with Crippen molar-refractivity contribution >= 4 is 0 Å². The molecule has 3 heteroatoms. The Bertz CT molecular complexity index is 109. The standard InChI is InChI=1S/C11H25NO2/c1-4-8-14-9-7-11(12-5-2)10-13-6-3/h11-12H,4-10H2,1-3H3. The molecule has 0 aliphatic carbocycles. The van der Waals surface area contributed by atoms with Crippen molar-refractivity contribution < 1.29 is 9.47 Å². The Hall–Kier alpha value is -0.120. The van der Waals surface area contributed by atoms with Crippen LogP contribution in [0.15, 0.2) is 0 Å². The molecule has 0 heterocycles. The first kappa shape index (κ1) is 13.9. The SMILES string of the molecule is CCCOCCC(COCC)NCC. The van der Waals surface area contributed by atoms with Crippen LogP contribution in [0, 0.1) is 0 Å². The van der Waals surface area contributed by atoms with Crippen LogP contribution in [0.3, 0.4) is 0 Å². The summed E-state index contributed by atoms with van der Waals surface area (Å²) in [6, 6.07) is 0.441. The molecule has 0 aliphatic heterocycles. The molecule has 1 N–H and O–H groups in total. The largest absolute Gasteiger partial charge is 0.381 e. The summed E-state index contributed by atoms with van der Waals surface area (Å²) in [7, 11) is 0. The van der Waals surface area contributed by atoms with E-state index in [4.69, 9.17) is 9.47 Å². The lowest BCUT2D eigenvalue weighted by Gasteiger charge is -2.17. The molecule has 3 nitrogen and oxygen atoms in total. The number of rotatable bonds is 10. The van der Waals surface area contributed by atoms with Gasteiger partial charge in [-0.25, -0.2) is 0 Å². The van der Waals surface area contributed by atoms with E-state index in [9.17, 15) is 0 Å². The smallest absolute Gasteiger partial charge is 0.0620 e. The van der Waals surface area contributed by atoms with Crippen LogP contribution in [-0.4, -0.2) is 39.0 Å². The molecule has 0 aromatic heterocycles. The first-order chi connectivity index (χ1) is 6.85. The Kier molecular flexibility index (Phi) is 10.9. The van der Waals surface area contributed by atoms with Gasteiger partial charge in [0, 0.05) is 25.9 Å². The van der Waals surface area contributed by atoms with E-state index in [1.54, 1.807) is 0 Å². The maximum atomic E-state index is 5.44. The van der Waals surface area contributed by atoms with E-state index < -0.39 is 0 Å². The van der Waals surface area contributed by atoms with Gasteiger partial charge in [0.2, 0.25) is 0 Å². The van der Waals surface area contributed by atoms with Crippen molar-refractivity contribution in [2.75, 3.05) is 33.0 Å². The average molecular weight is 203 g/mol. The molecule has 86 valence electrons. The number of hydrogen-bond donors (Lipinski definition) is 1. The molecule has 0 bridgehead atoms. The Balaban J connectivity index is 3.40. The minimum Gasteiger partial charge on any atom is -0.381 e. The van der Waals surface area contributed by atoms with Crippen LogP contribution < -0.4 is 5.32 Å². The molecule has 0 spiro atoms. The van der Waals surface area contributed by atoms with Crippen LogP contribution in [-0.2, 0) is 9.47 Å². The summed E-state index contributed by atoms with van der Waals surface area (Å²) in [5.41, 5.74) is 0. The molecule has 0 fully saturated rings. The fourth-order valence-corrected chi connectivity index (χ4v) is 1.27. The molecule has 14 heavy (non-hydrogen) atoms. The summed E-state index contributed by atoms with van der Waals surface area (Å²) in [6.07, 6.45) is 2.13. The lowest BCUT2D eigenvalue weighted by atomic mass is 10.2. The molecule has 0 aromatic rings. The summed E-state index contributed by atoms with van der Waals surface area (Å²) in [4.78, 5) is 0. The van der Waals surface area contributed by atoms with Crippen LogP contribution in [0.2, 0.25) is 0 Å². The maximum Gasteiger partial charge on any atom is 0.0620 e. The van der Waals surface area contributed by atoms with Crippen molar-refractivity contribution in [3.8, 4) is 0 Å². The summed E-state index contributed by atoms with van der Waals surface area (Å²) < 4.78 is 10.8. The minimum absolute atomic E-state index is 0.441. The maximum absolute atomic E-state index is 5.44. The van der Waals surface area contributed by atoms with Gasteiger partial charge in [0.25, 0.3) is 0 Å². The quantitative estimate of drug-likeness (QED) is 0.549. The first-order valence-corrected chi connectivity index (χ1v) is 5.73. The van der Waals surface area contributed by atoms with E-state index in [2.05, 4.69) is 19.2 Å². The zero-order valence-corrected chi connectivity index (χ0v) is 9.84. The van der Waals surface area contributed by atoms with Crippen molar-refractivity contribution in [1.29, 1.82) is 0 Å². The summed E-state index contributed by atoms with van der Waals surface area (Å²) in [5, 5.41) is 3.39. The van der Waals surface area contributed by atoms with Gasteiger partial charge < -0.3 is 14.8 Å². The molecule has 0 amide bonds. The average Bonchev–Trinajstić information content (AvgIpc) is 2.20. The lowest BCUT2D eigenvalue weighted by Crippen LogP contribution is -2.34. The second-order valence-electron chi connectivity index (χ2n) is 3.32. The van der Waals surface area contributed by atoms with Gasteiger partial charge in [0.05, 0.1) is 6.61 Å². The highest BCUT2D eigenvalue weighted by Crippen LogP contribution is 1.95. The van der Waals surface area contributed by atoms with Gasteiger partial charge >= 0.3 is 0 Å². The van der Waals surface area contributed by atoms with Gasteiger partial charge in [-0.05, 0) is 26.3 Å². The Morgan fingerprint density at radius 3 is 2.43 bits per heavy atom. The molecule has 0 saturated heterocycles. The monoisotopic (exact) mass is 203 g/mol. The summed E-state index contributed by atoms with van der Waals surface area (Å²) in [5.74, 6) is 0. The predicted octanol–water partition coefficient (Wildman–Crippen LogP) is 1.82. The van der Waals surface area contributed by atoms with Crippen LogP contribution in [0.5, 0.6) is 0 Å². The Morgan fingerprint density at radius 2 is 1.86 bits per heavy atom. The highest BCUT2D eigenvalue weighted by atomic mass is 16.5. The molecule has 0 aliphatic rings. The third-order valence-electron chi connectivity index (χ3n) is 1.98. The zero-order chi connectivity index (χ0) is 10.6. The Morgan fingerprint density at radius 1 is 1.07 bits per heavy atom. The van der Waals surface area contributed by atoms with Gasteiger partial charge in [-0.2, -0.15) is 0 Å². The third kappa shape index (κ3) is 8.48. The fourth-order valence-electron chi connectivity index (χ4n) is 1.27. The lowest BCUT2D eigenvalue weighted by molar-refractivity contribution is 0.0889. The molecular formula is C11H25NO2. The molecule has 0 aromatic carbocycles. The predicted molar refractivity (Wildman–Crippen MR) is 59.7 cm³/mol. The van der Waals surface area contributed by atoms with Gasteiger partial charge in [-0.1, -0.05) is 13.8 Å². The molecule has 1 atom stereocenters. The van der Waals surface area contributed by atoms with Crippen molar-refractivity contribution in [2.45, 2.75) is 39.7 Å². The molecule has 0 rings (SSSR count). The normalized spacial score (nSPS) is 13.1.